The number of piperidine rings is 1. The Morgan fingerprint density at radius 3 is 2.50 bits per heavy atom. The van der Waals surface area contributed by atoms with Gasteiger partial charge in [-0.05, 0) is 44.9 Å². The van der Waals surface area contributed by atoms with Crippen molar-refractivity contribution in [2.24, 2.45) is 0 Å². The molecule has 0 aromatic carbocycles. The van der Waals surface area contributed by atoms with E-state index in [-0.39, 0.29) is 0 Å². The van der Waals surface area contributed by atoms with Gasteiger partial charge in [-0.1, -0.05) is 6.42 Å². The number of hydrogen-bond acceptors (Lipinski definition) is 5. The molecule has 3 heterocycles. The summed E-state index contributed by atoms with van der Waals surface area (Å²) in [4.78, 5) is 2.40. The van der Waals surface area contributed by atoms with Gasteiger partial charge < -0.3 is 14.4 Å². The van der Waals surface area contributed by atoms with Crippen LogP contribution in [0, 0.1) is 0 Å². The van der Waals surface area contributed by atoms with Gasteiger partial charge in [-0.3, -0.25) is 4.57 Å². The molecule has 24 heavy (non-hydrogen) atoms. The molecule has 0 spiro atoms. The van der Waals surface area contributed by atoms with E-state index in [1.807, 2.05) is 7.11 Å². The second-order valence-corrected chi connectivity index (χ2v) is 7.51. The predicted octanol–water partition coefficient (Wildman–Crippen LogP) is 2.73. The Bertz CT molecular complexity index is 529. The lowest BCUT2D eigenvalue weighted by Crippen LogP contribution is -2.39. The molecule has 0 radical (unpaired) electrons. The van der Waals surface area contributed by atoms with E-state index < -0.39 is 0 Å². The maximum Gasteiger partial charge on any atom is 0.227 e. The van der Waals surface area contributed by atoms with Gasteiger partial charge in [-0.25, -0.2) is 0 Å². The molecule has 1 saturated carbocycles. The smallest absolute Gasteiger partial charge is 0.227 e. The number of aromatic nitrogens is 3. The molecular formula is C18H30N4O2. The average Bonchev–Trinajstić information content (AvgIpc) is 2.98. The van der Waals surface area contributed by atoms with E-state index >= 15 is 0 Å². The van der Waals surface area contributed by atoms with Crippen molar-refractivity contribution >= 4 is 5.95 Å². The Morgan fingerprint density at radius 1 is 1.04 bits per heavy atom. The van der Waals surface area contributed by atoms with Crippen molar-refractivity contribution < 1.29 is 9.47 Å². The third kappa shape index (κ3) is 3.31. The van der Waals surface area contributed by atoms with Gasteiger partial charge in [0.05, 0.1) is 18.8 Å². The molecule has 1 aromatic heterocycles. The second-order valence-electron chi connectivity index (χ2n) is 7.51. The van der Waals surface area contributed by atoms with Gasteiger partial charge >= 0.3 is 0 Å². The zero-order valence-electron chi connectivity index (χ0n) is 14.8. The van der Waals surface area contributed by atoms with Crippen LogP contribution in [0.4, 0.5) is 5.95 Å². The Hall–Kier alpha value is -1.14. The number of methoxy groups -OCH3 is 1. The third-order valence-corrected chi connectivity index (χ3v) is 5.95. The normalized spacial score (nSPS) is 26.5. The van der Waals surface area contributed by atoms with E-state index in [1.54, 1.807) is 0 Å². The molecule has 6 nitrogen and oxygen atoms in total. The van der Waals surface area contributed by atoms with E-state index in [9.17, 15) is 0 Å². The van der Waals surface area contributed by atoms with Gasteiger partial charge in [-0.15, -0.1) is 10.2 Å². The van der Waals surface area contributed by atoms with Crippen LogP contribution in [-0.2, 0) is 16.0 Å². The van der Waals surface area contributed by atoms with E-state index in [1.165, 1.54) is 37.9 Å². The fraction of sp³-hybridized carbons (Fsp3) is 0.889. The van der Waals surface area contributed by atoms with Gasteiger partial charge in [0.2, 0.25) is 5.95 Å². The van der Waals surface area contributed by atoms with Crippen LogP contribution in [0.3, 0.4) is 0 Å². The van der Waals surface area contributed by atoms with Crippen LogP contribution in [-0.4, -0.2) is 53.8 Å². The summed E-state index contributed by atoms with van der Waals surface area (Å²) < 4.78 is 13.9. The highest BCUT2D eigenvalue weighted by molar-refractivity contribution is 5.33. The van der Waals surface area contributed by atoms with Crippen LogP contribution >= 0.6 is 0 Å². The number of hydrogen-bond donors (Lipinski definition) is 0. The maximum atomic E-state index is 6.00. The summed E-state index contributed by atoms with van der Waals surface area (Å²) in [6.45, 7) is 3.83. The van der Waals surface area contributed by atoms with Gasteiger partial charge in [0.25, 0.3) is 0 Å². The minimum Gasteiger partial charge on any atom is -0.381 e. The Labute approximate surface area is 144 Å². The second kappa shape index (κ2) is 7.40. The Balaban J connectivity index is 1.53. The quantitative estimate of drug-likeness (QED) is 0.829. The zero-order valence-corrected chi connectivity index (χ0v) is 14.8. The molecule has 0 amide bonds. The summed E-state index contributed by atoms with van der Waals surface area (Å²) in [6.07, 6.45) is 10.3. The minimum absolute atomic E-state index is 0.323. The zero-order chi connectivity index (χ0) is 16.4. The topological polar surface area (TPSA) is 52.4 Å². The van der Waals surface area contributed by atoms with Gasteiger partial charge in [0.15, 0.2) is 0 Å². The molecule has 1 atom stereocenters. The molecule has 0 bridgehead atoms. The first-order valence-corrected chi connectivity index (χ1v) is 9.67. The lowest BCUT2D eigenvalue weighted by molar-refractivity contribution is 0.00526. The number of rotatable bonds is 5. The monoisotopic (exact) mass is 334 g/mol. The Morgan fingerprint density at radius 2 is 1.88 bits per heavy atom. The van der Waals surface area contributed by atoms with E-state index in [0.29, 0.717) is 18.1 Å². The highest BCUT2D eigenvalue weighted by Crippen LogP contribution is 2.37. The first-order chi connectivity index (χ1) is 11.8. The molecule has 1 aromatic rings. The fourth-order valence-corrected chi connectivity index (χ4v) is 4.13. The molecule has 2 aliphatic heterocycles. The van der Waals surface area contributed by atoms with Crippen LogP contribution in [0.5, 0.6) is 0 Å². The van der Waals surface area contributed by atoms with Crippen LogP contribution in [0.1, 0.15) is 63.1 Å². The van der Waals surface area contributed by atoms with Gasteiger partial charge in [0, 0.05) is 32.7 Å². The molecule has 4 rings (SSSR count). The van der Waals surface area contributed by atoms with Crippen LogP contribution in [0.15, 0.2) is 0 Å². The van der Waals surface area contributed by atoms with Crippen molar-refractivity contribution in [1.29, 1.82) is 0 Å². The molecule has 3 fully saturated rings. The van der Waals surface area contributed by atoms with Crippen LogP contribution in [0.2, 0.25) is 0 Å². The predicted molar refractivity (Wildman–Crippen MR) is 92.4 cm³/mol. The lowest BCUT2D eigenvalue weighted by atomic mass is 9.85. The summed E-state index contributed by atoms with van der Waals surface area (Å²) >= 11 is 0. The summed E-state index contributed by atoms with van der Waals surface area (Å²) in [7, 11) is 1.82. The van der Waals surface area contributed by atoms with Crippen LogP contribution < -0.4 is 4.90 Å². The first kappa shape index (κ1) is 16.3. The fourth-order valence-electron chi connectivity index (χ4n) is 4.13. The standard InChI is InChI=1S/C18H30N4O2/c1-23-15-8-10-21(11-9-15)18-20-19-17(14-5-4-6-14)22(18)13-16-7-2-3-12-24-16/h14-16H,2-13H2,1H3. The van der Waals surface area contributed by atoms with Crippen molar-refractivity contribution in [3.05, 3.63) is 5.82 Å². The summed E-state index contributed by atoms with van der Waals surface area (Å²) in [6, 6.07) is 0. The number of anilines is 1. The molecule has 3 aliphatic rings. The highest BCUT2D eigenvalue weighted by atomic mass is 16.5. The van der Waals surface area contributed by atoms with Crippen molar-refractivity contribution in [1.82, 2.24) is 14.8 Å². The summed E-state index contributed by atoms with van der Waals surface area (Å²) in [5.41, 5.74) is 0. The maximum absolute atomic E-state index is 6.00. The molecule has 1 aliphatic carbocycles. The van der Waals surface area contributed by atoms with Gasteiger partial charge in [0.1, 0.15) is 5.82 Å². The van der Waals surface area contributed by atoms with Crippen molar-refractivity contribution in [2.75, 3.05) is 31.7 Å². The molecule has 1 unspecified atom stereocenters. The van der Waals surface area contributed by atoms with E-state index in [0.717, 1.165) is 51.5 Å². The third-order valence-electron chi connectivity index (χ3n) is 5.95. The van der Waals surface area contributed by atoms with Crippen molar-refractivity contribution in [2.45, 2.75) is 76.0 Å². The lowest BCUT2D eigenvalue weighted by Gasteiger charge is -2.34. The number of nitrogens with zero attached hydrogens (tertiary/aromatic N) is 4. The van der Waals surface area contributed by atoms with Crippen LogP contribution in [0.25, 0.3) is 0 Å². The molecule has 6 heteroatoms. The SMILES string of the molecule is COC1CCN(c2nnc(C3CCC3)n2CC2CCCCO2)CC1. The first-order valence-electron chi connectivity index (χ1n) is 9.67. The largest absolute Gasteiger partial charge is 0.381 e. The van der Waals surface area contributed by atoms with E-state index in [2.05, 4.69) is 19.7 Å². The molecule has 2 saturated heterocycles. The minimum atomic E-state index is 0.323. The summed E-state index contributed by atoms with van der Waals surface area (Å²) in [5.74, 6) is 2.85. The average molecular weight is 334 g/mol. The molecular weight excluding hydrogens is 304 g/mol. The van der Waals surface area contributed by atoms with Gasteiger partial charge in [-0.2, -0.15) is 0 Å². The molecule has 0 N–H and O–H groups in total. The molecule has 134 valence electrons. The summed E-state index contributed by atoms with van der Waals surface area (Å²) in [5, 5.41) is 9.20. The van der Waals surface area contributed by atoms with Crippen molar-refractivity contribution in [3.63, 3.8) is 0 Å². The van der Waals surface area contributed by atoms with Crippen molar-refractivity contribution in [3.8, 4) is 0 Å². The Kier molecular flexibility index (Phi) is 5.03. The highest BCUT2D eigenvalue weighted by Gasteiger charge is 2.31. The number of ether oxygens (including phenoxy) is 2. The van der Waals surface area contributed by atoms with E-state index in [4.69, 9.17) is 9.47 Å².